The van der Waals surface area contributed by atoms with Gasteiger partial charge in [-0.15, -0.1) is 0 Å². The lowest BCUT2D eigenvalue weighted by Gasteiger charge is -2.47. The molecule has 6 nitrogen and oxygen atoms in total. The summed E-state index contributed by atoms with van der Waals surface area (Å²) in [6.07, 6.45) is 2.54. The first-order valence-electron chi connectivity index (χ1n) is 10.7. The van der Waals surface area contributed by atoms with Gasteiger partial charge in [0.1, 0.15) is 0 Å². The molecule has 2 aromatic rings. The Hall–Kier alpha value is -3.64. The molecule has 3 rings (SSSR count). The van der Waals surface area contributed by atoms with Crippen molar-refractivity contribution in [2.45, 2.75) is 46.1 Å². The van der Waals surface area contributed by atoms with Crippen molar-refractivity contribution in [2.75, 3.05) is 6.54 Å². The Morgan fingerprint density at radius 3 is 1.88 bits per heavy atom. The van der Waals surface area contributed by atoms with Crippen molar-refractivity contribution in [3.8, 4) is 12.1 Å². The molecule has 2 N–H and O–H groups in total. The first-order chi connectivity index (χ1) is 15.1. The molecule has 0 heterocycles. The Balaban J connectivity index is 1.65. The first-order valence-corrected chi connectivity index (χ1v) is 10.7. The molecule has 6 heteroatoms. The Labute approximate surface area is 189 Å². The third-order valence-electron chi connectivity index (χ3n) is 6.01. The standard InChI is InChI=1S/C26H28N4O2/c1-25(2)12-22(30-24(32)21-10-6-19(15-28)7-11-21)13-26(3,16-25)17-29-23(31)20-8-4-18(14-27)5-9-20/h4-11,22H,12-13,16-17H2,1-3H3,(H,29,31)(H,30,32). The van der Waals surface area contributed by atoms with Crippen molar-refractivity contribution in [1.82, 2.24) is 10.6 Å². The summed E-state index contributed by atoms with van der Waals surface area (Å²) in [5.41, 5.74) is 1.92. The van der Waals surface area contributed by atoms with Crippen LogP contribution in [0.15, 0.2) is 48.5 Å². The maximum atomic E-state index is 12.8. The van der Waals surface area contributed by atoms with Crippen LogP contribution >= 0.6 is 0 Å². The van der Waals surface area contributed by atoms with Crippen molar-refractivity contribution < 1.29 is 9.59 Å². The Morgan fingerprint density at radius 2 is 1.38 bits per heavy atom. The maximum absolute atomic E-state index is 12.8. The number of nitriles is 2. The number of amides is 2. The highest BCUT2D eigenvalue weighted by molar-refractivity contribution is 5.95. The van der Waals surface area contributed by atoms with Crippen molar-refractivity contribution in [3.63, 3.8) is 0 Å². The summed E-state index contributed by atoms with van der Waals surface area (Å²) >= 11 is 0. The minimum atomic E-state index is -0.174. The van der Waals surface area contributed by atoms with Gasteiger partial charge in [-0.2, -0.15) is 10.5 Å². The molecule has 0 radical (unpaired) electrons. The van der Waals surface area contributed by atoms with E-state index in [0.29, 0.717) is 28.8 Å². The van der Waals surface area contributed by atoms with Gasteiger partial charge in [0.15, 0.2) is 0 Å². The quantitative estimate of drug-likeness (QED) is 0.745. The summed E-state index contributed by atoms with van der Waals surface area (Å²) in [5.74, 6) is -0.321. The molecular weight excluding hydrogens is 400 g/mol. The zero-order valence-corrected chi connectivity index (χ0v) is 18.7. The average Bonchev–Trinajstić information content (AvgIpc) is 2.76. The largest absolute Gasteiger partial charge is 0.351 e. The molecule has 2 unspecified atom stereocenters. The van der Waals surface area contributed by atoms with Gasteiger partial charge in [0.05, 0.1) is 23.3 Å². The van der Waals surface area contributed by atoms with Gasteiger partial charge in [-0.3, -0.25) is 9.59 Å². The van der Waals surface area contributed by atoms with E-state index >= 15 is 0 Å². The molecule has 0 aromatic heterocycles. The van der Waals surface area contributed by atoms with Gasteiger partial charge >= 0.3 is 0 Å². The van der Waals surface area contributed by atoms with Crippen LogP contribution in [0.25, 0.3) is 0 Å². The van der Waals surface area contributed by atoms with Gasteiger partial charge in [0.2, 0.25) is 0 Å². The fourth-order valence-corrected chi connectivity index (χ4v) is 4.93. The highest BCUT2D eigenvalue weighted by Crippen LogP contribution is 2.45. The monoisotopic (exact) mass is 428 g/mol. The zero-order valence-electron chi connectivity index (χ0n) is 18.7. The molecule has 2 atom stereocenters. The number of benzene rings is 2. The van der Waals surface area contributed by atoms with Gasteiger partial charge in [0.25, 0.3) is 11.8 Å². The summed E-state index contributed by atoms with van der Waals surface area (Å²) in [5, 5.41) is 24.0. The number of rotatable bonds is 5. The summed E-state index contributed by atoms with van der Waals surface area (Å²) in [7, 11) is 0. The second-order valence-electron chi connectivity index (χ2n) is 9.79. The second-order valence-corrected chi connectivity index (χ2v) is 9.79. The molecule has 32 heavy (non-hydrogen) atoms. The van der Waals surface area contributed by atoms with Gasteiger partial charge < -0.3 is 10.6 Å². The van der Waals surface area contributed by atoms with Crippen LogP contribution in [-0.2, 0) is 0 Å². The molecule has 0 aliphatic heterocycles. The predicted molar refractivity (Wildman–Crippen MR) is 122 cm³/mol. The molecule has 0 bridgehead atoms. The SMILES string of the molecule is CC1(C)CC(NC(=O)c2ccc(C#N)cc2)CC(C)(CNC(=O)c2ccc(C#N)cc2)C1. The van der Waals surface area contributed by atoms with E-state index in [1.54, 1.807) is 48.5 Å². The fraction of sp³-hybridized carbons (Fsp3) is 0.385. The van der Waals surface area contributed by atoms with Crippen LogP contribution in [0.3, 0.4) is 0 Å². The summed E-state index contributed by atoms with van der Waals surface area (Å²) in [6.45, 7) is 7.02. The van der Waals surface area contributed by atoms with Crippen LogP contribution < -0.4 is 10.6 Å². The molecule has 164 valence electrons. The smallest absolute Gasteiger partial charge is 0.251 e. The van der Waals surface area contributed by atoms with Crippen LogP contribution in [-0.4, -0.2) is 24.4 Å². The summed E-state index contributed by atoms with van der Waals surface area (Å²) in [6, 6.07) is 17.3. The second kappa shape index (κ2) is 9.24. The zero-order chi connectivity index (χ0) is 23.4. The number of carbonyl (C=O) groups is 2. The van der Waals surface area contributed by atoms with E-state index in [0.717, 1.165) is 19.3 Å². The lowest BCUT2D eigenvalue weighted by atomic mass is 9.62. The molecular formula is C26H28N4O2. The van der Waals surface area contributed by atoms with Crippen molar-refractivity contribution in [3.05, 3.63) is 70.8 Å². The molecule has 0 spiro atoms. The summed E-state index contributed by atoms with van der Waals surface area (Å²) < 4.78 is 0. The van der Waals surface area contributed by atoms with Crippen LogP contribution in [0.4, 0.5) is 0 Å². The topological polar surface area (TPSA) is 106 Å². The van der Waals surface area contributed by atoms with Gasteiger partial charge in [-0.1, -0.05) is 20.8 Å². The fourth-order valence-electron chi connectivity index (χ4n) is 4.93. The van der Waals surface area contributed by atoms with E-state index in [2.05, 4.69) is 37.5 Å². The summed E-state index contributed by atoms with van der Waals surface area (Å²) in [4.78, 5) is 25.4. The molecule has 2 aromatic carbocycles. The van der Waals surface area contributed by atoms with E-state index in [-0.39, 0.29) is 28.7 Å². The molecule has 1 aliphatic carbocycles. The molecule has 1 saturated carbocycles. The van der Waals surface area contributed by atoms with E-state index in [4.69, 9.17) is 10.5 Å². The minimum absolute atomic E-state index is 0.00871. The lowest BCUT2D eigenvalue weighted by molar-refractivity contribution is 0.0592. The van der Waals surface area contributed by atoms with E-state index in [9.17, 15) is 9.59 Å². The number of nitrogens with zero attached hydrogens (tertiary/aromatic N) is 2. The number of carbonyl (C=O) groups excluding carboxylic acids is 2. The number of hydrogen-bond acceptors (Lipinski definition) is 4. The minimum Gasteiger partial charge on any atom is -0.351 e. The molecule has 2 amide bonds. The van der Waals surface area contributed by atoms with Crippen molar-refractivity contribution in [1.29, 1.82) is 10.5 Å². The van der Waals surface area contributed by atoms with Crippen LogP contribution in [0.2, 0.25) is 0 Å². The first kappa shape index (κ1) is 23.0. The predicted octanol–water partition coefficient (Wildman–Crippen LogP) is 4.17. The van der Waals surface area contributed by atoms with Gasteiger partial charge in [-0.05, 0) is 78.6 Å². The highest BCUT2D eigenvalue weighted by atomic mass is 16.2. The average molecular weight is 429 g/mol. The maximum Gasteiger partial charge on any atom is 0.251 e. The van der Waals surface area contributed by atoms with E-state index in [1.807, 2.05) is 6.07 Å². The Kier molecular flexibility index (Phi) is 6.65. The lowest BCUT2D eigenvalue weighted by Crippen LogP contribution is -2.50. The number of hydrogen-bond donors (Lipinski definition) is 2. The van der Waals surface area contributed by atoms with Gasteiger partial charge in [0, 0.05) is 23.7 Å². The number of nitrogens with one attached hydrogen (secondary N) is 2. The Bertz CT molecular complexity index is 1070. The third-order valence-corrected chi connectivity index (χ3v) is 6.01. The molecule has 1 aliphatic rings. The van der Waals surface area contributed by atoms with E-state index in [1.165, 1.54) is 0 Å². The van der Waals surface area contributed by atoms with Crippen LogP contribution in [0.5, 0.6) is 0 Å². The van der Waals surface area contributed by atoms with Crippen molar-refractivity contribution in [2.24, 2.45) is 10.8 Å². The Morgan fingerprint density at radius 1 is 0.875 bits per heavy atom. The third kappa shape index (κ3) is 5.74. The normalized spacial score (nSPS) is 21.6. The van der Waals surface area contributed by atoms with E-state index < -0.39 is 0 Å². The van der Waals surface area contributed by atoms with Crippen molar-refractivity contribution >= 4 is 11.8 Å². The van der Waals surface area contributed by atoms with Gasteiger partial charge in [-0.25, -0.2) is 0 Å². The molecule has 0 saturated heterocycles. The highest BCUT2D eigenvalue weighted by Gasteiger charge is 2.42. The van der Waals surface area contributed by atoms with Crippen LogP contribution in [0, 0.1) is 33.5 Å². The van der Waals surface area contributed by atoms with Crippen LogP contribution in [0.1, 0.15) is 71.9 Å². The molecule has 1 fully saturated rings.